The highest BCUT2D eigenvalue weighted by atomic mass is 32.3. The summed E-state index contributed by atoms with van der Waals surface area (Å²) in [5, 5.41) is 52.3. The van der Waals surface area contributed by atoms with E-state index in [1.54, 1.807) is 30.3 Å². The van der Waals surface area contributed by atoms with Crippen LogP contribution in [0.5, 0.6) is 0 Å². The molecule has 1 aromatic rings. The minimum atomic E-state index is -4.92. The summed E-state index contributed by atoms with van der Waals surface area (Å²) in [6, 6.07) is 8.31. The molecule has 11 nitrogen and oxygen atoms in total. The highest BCUT2D eigenvalue weighted by Gasteiger charge is 2.44. The number of rotatable bonds is 7. The summed E-state index contributed by atoms with van der Waals surface area (Å²) in [5.74, 6) is 0. The predicted octanol–water partition coefficient (Wildman–Crippen LogP) is -1.22. The van der Waals surface area contributed by atoms with Crippen molar-refractivity contribution in [2.45, 2.75) is 42.4 Å². The molecule has 1 heterocycles. The molecule has 158 valence electrons. The molecule has 1 aliphatic rings. The second-order valence-electron chi connectivity index (χ2n) is 5.93. The van der Waals surface area contributed by atoms with Crippen molar-refractivity contribution in [1.82, 2.24) is 0 Å². The quantitative estimate of drug-likeness (QED) is 0.129. The van der Waals surface area contributed by atoms with Crippen LogP contribution in [-0.2, 0) is 19.4 Å². The standard InChI is InChI=1S/C15H21NO10S2/c17-7-10-12(19)13(20)14(21)15(25-10)27-11(16-26-28(22,23)24)6-9(18)8-4-2-1-3-5-8/h1-5,9-10,12-15,17-21H,6-7H2,(H,22,23,24)/b16-11+/t9-,10+,12+,13-,14+,15?/m0/s1. The molecule has 1 fully saturated rings. The van der Waals surface area contributed by atoms with E-state index in [1.807, 2.05) is 0 Å². The zero-order chi connectivity index (χ0) is 20.9. The Kier molecular flexibility index (Phi) is 8.18. The monoisotopic (exact) mass is 439 g/mol. The second kappa shape index (κ2) is 9.96. The molecule has 2 rings (SSSR count). The molecule has 1 aromatic carbocycles. The molecule has 6 N–H and O–H groups in total. The first-order valence-corrected chi connectivity index (χ1v) is 10.3. The normalized spacial score (nSPS) is 30.1. The molecule has 0 aliphatic carbocycles. The van der Waals surface area contributed by atoms with E-state index < -0.39 is 53.0 Å². The molecule has 1 saturated heterocycles. The van der Waals surface area contributed by atoms with Crippen LogP contribution in [0.25, 0.3) is 0 Å². The van der Waals surface area contributed by atoms with Gasteiger partial charge in [-0.15, -0.1) is 0 Å². The molecule has 0 radical (unpaired) electrons. The summed E-state index contributed by atoms with van der Waals surface area (Å²) < 4.78 is 39.6. The number of ether oxygens (including phenoxy) is 1. The Hall–Kier alpha value is -1.29. The van der Waals surface area contributed by atoms with Crippen molar-refractivity contribution in [3.63, 3.8) is 0 Å². The fourth-order valence-electron chi connectivity index (χ4n) is 2.45. The molecule has 0 bridgehead atoms. The van der Waals surface area contributed by atoms with Gasteiger partial charge in [0.2, 0.25) is 0 Å². The maximum absolute atomic E-state index is 10.8. The van der Waals surface area contributed by atoms with Crippen LogP contribution in [0.4, 0.5) is 0 Å². The molecule has 13 heteroatoms. The molecule has 0 amide bonds. The van der Waals surface area contributed by atoms with Crippen LogP contribution < -0.4 is 0 Å². The van der Waals surface area contributed by atoms with Crippen molar-refractivity contribution < 1.29 is 47.5 Å². The summed E-state index contributed by atoms with van der Waals surface area (Å²) in [6.07, 6.45) is -7.43. The fourth-order valence-corrected chi connectivity index (χ4v) is 3.79. The lowest BCUT2D eigenvalue weighted by molar-refractivity contribution is -0.205. The van der Waals surface area contributed by atoms with Gasteiger partial charge in [-0.25, -0.2) is 4.28 Å². The fraction of sp³-hybridized carbons (Fsp3) is 0.533. The molecular formula is C15H21NO10S2. The Balaban J connectivity index is 2.19. The van der Waals surface area contributed by atoms with E-state index in [1.165, 1.54) is 0 Å². The number of nitrogens with zero attached hydrogens (tertiary/aromatic N) is 1. The topological polar surface area (TPSA) is 186 Å². The van der Waals surface area contributed by atoms with Gasteiger partial charge in [-0.05, 0) is 5.56 Å². The third kappa shape index (κ3) is 6.37. The lowest BCUT2D eigenvalue weighted by atomic mass is 10.0. The van der Waals surface area contributed by atoms with Crippen LogP contribution in [0, 0.1) is 0 Å². The van der Waals surface area contributed by atoms with E-state index in [-0.39, 0.29) is 11.5 Å². The van der Waals surface area contributed by atoms with Gasteiger partial charge in [0.15, 0.2) is 0 Å². The van der Waals surface area contributed by atoms with Crippen LogP contribution in [0.3, 0.4) is 0 Å². The first-order valence-electron chi connectivity index (χ1n) is 8.05. The van der Waals surface area contributed by atoms with E-state index in [0.717, 1.165) is 0 Å². The SMILES string of the molecule is O=S(=O)(O)O/N=C(\C[C@H](O)c1ccccc1)SC1O[C@H](CO)[C@@H](O)[C@H](O)[C@H]1O. The molecule has 28 heavy (non-hydrogen) atoms. The van der Waals surface area contributed by atoms with Gasteiger partial charge in [-0.3, -0.25) is 4.55 Å². The number of aliphatic hydroxyl groups excluding tert-OH is 5. The third-order valence-corrected chi connectivity index (χ3v) is 5.28. The van der Waals surface area contributed by atoms with E-state index >= 15 is 0 Å². The molecule has 0 spiro atoms. The largest absolute Gasteiger partial charge is 0.466 e. The molecule has 0 aromatic heterocycles. The summed E-state index contributed by atoms with van der Waals surface area (Å²) in [5.41, 5.74) is -0.793. The highest BCUT2D eigenvalue weighted by molar-refractivity contribution is 8.14. The molecule has 0 saturated carbocycles. The Labute approximate surface area is 165 Å². The number of aliphatic hydroxyl groups is 5. The van der Waals surface area contributed by atoms with Gasteiger partial charge in [0.1, 0.15) is 34.9 Å². The highest BCUT2D eigenvalue weighted by Crippen LogP contribution is 2.32. The zero-order valence-electron chi connectivity index (χ0n) is 14.3. The number of hydrogen-bond donors (Lipinski definition) is 6. The maximum atomic E-state index is 10.8. The van der Waals surface area contributed by atoms with E-state index in [2.05, 4.69) is 9.44 Å². The average Bonchev–Trinajstić information content (AvgIpc) is 2.66. The summed E-state index contributed by atoms with van der Waals surface area (Å²) in [4.78, 5) is 0. The third-order valence-electron chi connectivity index (χ3n) is 3.89. The second-order valence-corrected chi connectivity index (χ2v) is 8.11. The summed E-state index contributed by atoms with van der Waals surface area (Å²) in [6.45, 7) is -0.650. The van der Waals surface area contributed by atoms with Crippen molar-refractivity contribution >= 4 is 27.2 Å². The zero-order valence-corrected chi connectivity index (χ0v) is 16.0. The van der Waals surface area contributed by atoms with Gasteiger partial charge in [-0.2, -0.15) is 8.42 Å². The minimum Gasteiger partial charge on any atom is -0.394 e. The van der Waals surface area contributed by atoms with Crippen LogP contribution in [-0.4, -0.2) is 80.0 Å². The Morgan fingerprint density at radius 2 is 1.82 bits per heavy atom. The van der Waals surface area contributed by atoms with Crippen LogP contribution in [0.2, 0.25) is 0 Å². The molecule has 6 atom stereocenters. The van der Waals surface area contributed by atoms with Crippen molar-refractivity contribution in [2.24, 2.45) is 5.16 Å². The van der Waals surface area contributed by atoms with E-state index in [9.17, 15) is 34.0 Å². The number of hydrogen-bond acceptors (Lipinski definition) is 11. The average molecular weight is 439 g/mol. The van der Waals surface area contributed by atoms with Crippen molar-refractivity contribution in [1.29, 1.82) is 0 Å². The van der Waals surface area contributed by atoms with Gasteiger partial charge in [0.25, 0.3) is 0 Å². The van der Waals surface area contributed by atoms with Gasteiger partial charge in [0.05, 0.1) is 12.7 Å². The van der Waals surface area contributed by atoms with Gasteiger partial charge in [0, 0.05) is 6.42 Å². The van der Waals surface area contributed by atoms with Gasteiger partial charge < -0.3 is 30.3 Å². The summed E-state index contributed by atoms with van der Waals surface area (Å²) >= 11 is 0.597. The molecular weight excluding hydrogens is 418 g/mol. The van der Waals surface area contributed by atoms with E-state index in [4.69, 9.17) is 9.29 Å². The lowest BCUT2D eigenvalue weighted by Crippen LogP contribution is -2.57. The van der Waals surface area contributed by atoms with Gasteiger partial charge >= 0.3 is 10.4 Å². The maximum Gasteiger partial charge on any atom is 0.466 e. The Morgan fingerprint density at radius 3 is 2.39 bits per heavy atom. The van der Waals surface area contributed by atoms with Crippen molar-refractivity contribution in [3.05, 3.63) is 35.9 Å². The Bertz CT molecular complexity index is 757. The Morgan fingerprint density at radius 1 is 1.18 bits per heavy atom. The molecule has 1 aliphatic heterocycles. The number of benzene rings is 1. The smallest absolute Gasteiger partial charge is 0.394 e. The lowest BCUT2D eigenvalue weighted by Gasteiger charge is -2.39. The van der Waals surface area contributed by atoms with Crippen molar-refractivity contribution in [2.75, 3.05) is 6.61 Å². The minimum absolute atomic E-state index is 0.196. The van der Waals surface area contributed by atoms with Gasteiger partial charge in [-0.1, -0.05) is 47.2 Å². The van der Waals surface area contributed by atoms with Crippen LogP contribution >= 0.6 is 11.8 Å². The van der Waals surface area contributed by atoms with Crippen molar-refractivity contribution in [3.8, 4) is 0 Å². The summed E-state index contributed by atoms with van der Waals surface area (Å²) in [7, 11) is -4.92. The first kappa shape index (κ1) is 23.0. The van der Waals surface area contributed by atoms with Crippen LogP contribution in [0.1, 0.15) is 18.1 Å². The van der Waals surface area contributed by atoms with E-state index in [0.29, 0.717) is 17.3 Å². The number of oxime groups is 1. The predicted molar refractivity (Wildman–Crippen MR) is 97.4 cm³/mol. The molecule has 1 unspecified atom stereocenters. The number of thioether (sulfide) groups is 1. The first-order chi connectivity index (χ1) is 13.1. The van der Waals surface area contributed by atoms with Crippen LogP contribution in [0.15, 0.2) is 35.5 Å².